The number of hydrogen-bond acceptors (Lipinski definition) is 4. The molecule has 0 aromatic carbocycles. The Kier molecular flexibility index (Phi) is 5.50. The van der Waals surface area contributed by atoms with Gasteiger partial charge in [0.1, 0.15) is 11.9 Å². The second kappa shape index (κ2) is 8.37. The number of hydrogen-bond donors (Lipinski definition) is 0. The van der Waals surface area contributed by atoms with Gasteiger partial charge in [-0.25, -0.2) is 4.98 Å². The molecule has 1 fully saturated rings. The van der Waals surface area contributed by atoms with Gasteiger partial charge >= 0.3 is 0 Å². The molecule has 1 saturated heterocycles. The van der Waals surface area contributed by atoms with Crippen molar-refractivity contribution in [1.29, 1.82) is 0 Å². The van der Waals surface area contributed by atoms with Crippen molar-refractivity contribution in [2.24, 2.45) is 0 Å². The number of carbonyl (C=O) groups is 1. The summed E-state index contributed by atoms with van der Waals surface area (Å²) >= 11 is 0. The summed E-state index contributed by atoms with van der Waals surface area (Å²) in [6.45, 7) is 4.37. The minimum Gasteiger partial charge on any atom is -0.341 e. The maximum absolute atomic E-state index is 13.0. The van der Waals surface area contributed by atoms with Gasteiger partial charge in [-0.2, -0.15) is 5.10 Å². The molecule has 0 radical (unpaired) electrons. The second-order valence-corrected chi connectivity index (χ2v) is 7.28. The average molecular weight is 378 g/mol. The number of likely N-dealkylation sites (tertiary alicyclic amines) is 1. The summed E-state index contributed by atoms with van der Waals surface area (Å²) in [5.41, 5.74) is 1.21. The SMILES string of the molecule is CCC(C(=O)N1CCC(c2nccn2Cc2ccncc2)CC1)n1cccn1. The highest BCUT2D eigenvalue weighted by molar-refractivity contribution is 5.80. The molecule has 3 aromatic heterocycles. The molecular weight excluding hydrogens is 352 g/mol. The number of nitrogens with zero attached hydrogens (tertiary/aromatic N) is 6. The summed E-state index contributed by atoms with van der Waals surface area (Å²) in [6.07, 6.45) is 13.8. The zero-order valence-corrected chi connectivity index (χ0v) is 16.2. The van der Waals surface area contributed by atoms with E-state index in [0.717, 1.165) is 44.7 Å². The fourth-order valence-corrected chi connectivity index (χ4v) is 4.01. The third-order valence-electron chi connectivity index (χ3n) is 5.54. The van der Waals surface area contributed by atoms with Crippen LogP contribution in [0.3, 0.4) is 0 Å². The topological polar surface area (TPSA) is 68.8 Å². The Hall–Kier alpha value is -2.96. The van der Waals surface area contributed by atoms with E-state index < -0.39 is 0 Å². The molecule has 4 heterocycles. The molecule has 0 spiro atoms. The monoisotopic (exact) mass is 378 g/mol. The summed E-state index contributed by atoms with van der Waals surface area (Å²) in [4.78, 5) is 23.7. The van der Waals surface area contributed by atoms with E-state index in [4.69, 9.17) is 0 Å². The van der Waals surface area contributed by atoms with Gasteiger partial charge in [0.05, 0.1) is 0 Å². The Labute approximate surface area is 165 Å². The molecule has 1 amide bonds. The molecule has 28 heavy (non-hydrogen) atoms. The number of pyridine rings is 1. The molecule has 7 heteroatoms. The molecular formula is C21H26N6O. The Morgan fingerprint density at radius 1 is 1.14 bits per heavy atom. The number of aromatic nitrogens is 5. The number of carbonyl (C=O) groups excluding carboxylic acids is 1. The fraction of sp³-hybridized carbons (Fsp3) is 0.429. The van der Waals surface area contributed by atoms with Gasteiger partial charge in [-0.1, -0.05) is 6.92 Å². The van der Waals surface area contributed by atoms with E-state index in [2.05, 4.69) is 19.6 Å². The normalized spacial score (nSPS) is 16.2. The lowest BCUT2D eigenvalue weighted by Crippen LogP contribution is -2.42. The van der Waals surface area contributed by atoms with Gasteiger partial charge in [0, 0.05) is 62.7 Å². The Bertz CT molecular complexity index is 881. The summed E-state index contributed by atoms with van der Waals surface area (Å²) in [5, 5.41) is 4.26. The van der Waals surface area contributed by atoms with Crippen molar-refractivity contribution < 1.29 is 4.79 Å². The first-order valence-corrected chi connectivity index (χ1v) is 9.94. The molecule has 0 saturated carbocycles. The first kappa shape index (κ1) is 18.4. The van der Waals surface area contributed by atoms with E-state index in [1.807, 2.05) is 61.0 Å². The van der Waals surface area contributed by atoms with Crippen LogP contribution in [0, 0.1) is 0 Å². The zero-order chi connectivity index (χ0) is 19.3. The van der Waals surface area contributed by atoms with Crippen LogP contribution < -0.4 is 0 Å². The quantitative estimate of drug-likeness (QED) is 0.661. The van der Waals surface area contributed by atoms with E-state index in [0.29, 0.717) is 5.92 Å². The van der Waals surface area contributed by atoms with Crippen LogP contribution in [-0.2, 0) is 11.3 Å². The lowest BCUT2D eigenvalue weighted by Gasteiger charge is -2.34. The van der Waals surface area contributed by atoms with Crippen molar-refractivity contribution >= 4 is 5.91 Å². The van der Waals surface area contributed by atoms with Crippen LogP contribution in [0.1, 0.15) is 49.5 Å². The molecule has 1 atom stereocenters. The van der Waals surface area contributed by atoms with Gasteiger partial charge in [-0.05, 0) is 43.0 Å². The standard InChI is InChI=1S/C21H26N6O/c1-2-19(27-12-3-8-24-27)21(28)25-13-6-18(7-14-25)20-23-11-15-26(20)16-17-4-9-22-10-5-17/h3-5,8-12,15,18-19H,2,6-7,13-14,16H2,1H3. The predicted molar refractivity (Wildman–Crippen MR) is 106 cm³/mol. The molecule has 1 aliphatic rings. The third kappa shape index (κ3) is 3.83. The first-order valence-electron chi connectivity index (χ1n) is 9.94. The van der Waals surface area contributed by atoms with Gasteiger partial charge in [0.15, 0.2) is 0 Å². The van der Waals surface area contributed by atoms with Gasteiger partial charge in [0.25, 0.3) is 0 Å². The van der Waals surface area contributed by atoms with E-state index in [1.54, 1.807) is 10.9 Å². The number of imidazole rings is 1. The summed E-state index contributed by atoms with van der Waals surface area (Å²) in [7, 11) is 0. The van der Waals surface area contributed by atoms with Crippen LogP contribution in [0.25, 0.3) is 0 Å². The van der Waals surface area contributed by atoms with Crippen LogP contribution in [0.2, 0.25) is 0 Å². The van der Waals surface area contributed by atoms with Gasteiger partial charge < -0.3 is 9.47 Å². The maximum atomic E-state index is 13.0. The zero-order valence-electron chi connectivity index (χ0n) is 16.2. The lowest BCUT2D eigenvalue weighted by molar-refractivity contribution is -0.136. The highest BCUT2D eigenvalue weighted by atomic mass is 16.2. The Balaban J connectivity index is 1.40. The molecule has 7 nitrogen and oxygen atoms in total. The van der Waals surface area contributed by atoms with Crippen LogP contribution in [0.15, 0.2) is 55.4 Å². The first-order chi connectivity index (χ1) is 13.8. The van der Waals surface area contributed by atoms with Crippen molar-refractivity contribution in [2.45, 2.75) is 44.7 Å². The average Bonchev–Trinajstić information content (AvgIpc) is 3.42. The van der Waals surface area contributed by atoms with Crippen LogP contribution in [0.5, 0.6) is 0 Å². The minimum atomic E-state index is -0.208. The predicted octanol–water partition coefficient (Wildman–Crippen LogP) is 2.88. The van der Waals surface area contributed by atoms with E-state index in [1.165, 1.54) is 5.56 Å². The van der Waals surface area contributed by atoms with Crippen molar-refractivity contribution in [3.8, 4) is 0 Å². The van der Waals surface area contributed by atoms with Crippen LogP contribution >= 0.6 is 0 Å². The summed E-state index contributed by atoms with van der Waals surface area (Å²) in [6, 6.07) is 5.72. The van der Waals surface area contributed by atoms with Gasteiger partial charge in [-0.3, -0.25) is 14.5 Å². The number of amides is 1. The number of rotatable bonds is 6. The molecule has 4 rings (SSSR count). The van der Waals surface area contributed by atoms with Crippen LogP contribution in [0.4, 0.5) is 0 Å². The largest absolute Gasteiger partial charge is 0.341 e. The molecule has 1 aliphatic heterocycles. The molecule has 146 valence electrons. The Morgan fingerprint density at radius 3 is 2.61 bits per heavy atom. The molecule has 0 aliphatic carbocycles. The summed E-state index contributed by atoms with van der Waals surface area (Å²) in [5.74, 6) is 1.67. The number of piperidine rings is 1. The molecule has 3 aromatic rings. The van der Waals surface area contributed by atoms with E-state index >= 15 is 0 Å². The van der Waals surface area contributed by atoms with Gasteiger partial charge in [-0.15, -0.1) is 0 Å². The molecule has 0 bridgehead atoms. The smallest absolute Gasteiger partial charge is 0.247 e. The molecule has 0 N–H and O–H groups in total. The molecule has 1 unspecified atom stereocenters. The lowest BCUT2D eigenvalue weighted by atomic mass is 9.95. The highest BCUT2D eigenvalue weighted by Crippen LogP contribution is 2.29. The Morgan fingerprint density at radius 2 is 1.93 bits per heavy atom. The summed E-state index contributed by atoms with van der Waals surface area (Å²) < 4.78 is 3.99. The van der Waals surface area contributed by atoms with Gasteiger partial charge in [0.2, 0.25) is 5.91 Å². The second-order valence-electron chi connectivity index (χ2n) is 7.28. The van der Waals surface area contributed by atoms with Crippen molar-refractivity contribution in [2.75, 3.05) is 13.1 Å². The van der Waals surface area contributed by atoms with Crippen LogP contribution in [-0.4, -0.2) is 48.2 Å². The minimum absolute atomic E-state index is 0.171. The fourth-order valence-electron chi connectivity index (χ4n) is 4.01. The highest BCUT2D eigenvalue weighted by Gasteiger charge is 2.30. The van der Waals surface area contributed by atoms with Crippen molar-refractivity contribution in [3.05, 3.63) is 66.8 Å². The van der Waals surface area contributed by atoms with E-state index in [9.17, 15) is 4.79 Å². The third-order valence-corrected chi connectivity index (χ3v) is 5.54. The maximum Gasteiger partial charge on any atom is 0.247 e. The van der Waals surface area contributed by atoms with E-state index in [-0.39, 0.29) is 11.9 Å². The van der Waals surface area contributed by atoms with Crippen molar-refractivity contribution in [3.63, 3.8) is 0 Å². The van der Waals surface area contributed by atoms with Crippen molar-refractivity contribution in [1.82, 2.24) is 29.2 Å².